The molecule has 0 unspecified atom stereocenters. The van der Waals surface area contributed by atoms with Crippen molar-refractivity contribution in [3.05, 3.63) is 78.2 Å². The molecular weight excluding hydrogens is 520 g/mol. The summed E-state index contributed by atoms with van der Waals surface area (Å²) in [6, 6.07) is 15.7. The van der Waals surface area contributed by atoms with E-state index in [1.165, 1.54) is 10.4 Å². The summed E-state index contributed by atoms with van der Waals surface area (Å²) in [5, 5.41) is 3.59. The molecule has 0 saturated carbocycles. The van der Waals surface area contributed by atoms with Gasteiger partial charge in [0.25, 0.3) is 0 Å². The van der Waals surface area contributed by atoms with Crippen molar-refractivity contribution < 1.29 is 27.1 Å². The number of amides is 1. The van der Waals surface area contributed by atoms with Gasteiger partial charge < -0.3 is 24.9 Å². The first-order valence-electron chi connectivity index (χ1n) is 12.3. The smallest absolute Gasteiger partial charge is 0.244 e. The summed E-state index contributed by atoms with van der Waals surface area (Å²) < 4.78 is 44.2. The number of anilines is 1. The van der Waals surface area contributed by atoms with Gasteiger partial charge in [-0.2, -0.15) is 4.31 Å². The number of aromatic nitrogens is 1. The molecule has 1 aliphatic heterocycles. The molecule has 10 nitrogen and oxygen atoms in total. The molecule has 0 radical (unpaired) electrons. The molecule has 1 amide bonds. The van der Waals surface area contributed by atoms with E-state index in [0.29, 0.717) is 49.2 Å². The Bertz CT molecular complexity index is 1610. The second kappa shape index (κ2) is 11.3. The number of hydrogen-bond acceptors (Lipinski definition) is 8. The van der Waals surface area contributed by atoms with Crippen LogP contribution in [-0.4, -0.2) is 57.0 Å². The molecule has 11 heteroatoms. The number of nitrogens with one attached hydrogen (secondary N) is 1. The van der Waals surface area contributed by atoms with E-state index in [1.54, 1.807) is 61.8 Å². The Kier molecular flexibility index (Phi) is 7.64. The van der Waals surface area contributed by atoms with Crippen molar-refractivity contribution in [3.63, 3.8) is 0 Å². The van der Waals surface area contributed by atoms with E-state index >= 15 is 0 Å². The molecule has 39 heavy (non-hydrogen) atoms. The summed E-state index contributed by atoms with van der Waals surface area (Å²) in [7, 11) is -2.03. The molecule has 4 aromatic rings. The molecule has 2 aromatic heterocycles. The Morgan fingerprint density at radius 2 is 1.90 bits per heavy atom. The Balaban J connectivity index is 1.35. The number of hydrogen-bond donors (Lipinski definition) is 2. The fourth-order valence-electron chi connectivity index (χ4n) is 4.31. The zero-order valence-corrected chi connectivity index (χ0v) is 22.1. The second-order valence-corrected chi connectivity index (χ2v) is 10.8. The maximum absolute atomic E-state index is 13.0. The maximum atomic E-state index is 13.0. The fraction of sp³-hybridized carbons (Fsp3) is 0.214. The number of furan rings is 1. The van der Waals surface area contributed by atoms with Crippen molar-refractivity contribution in [3.8, 4) is 16.9 Å². The molecule has 3 N–H and O–H groups in total. The first kappa shape index (κ1) is 26.4. The first-order chi connectivity index (χ1) is 18.8. The first-order valence-corrected chi connectivity index (χ1v) is 13.7. The fourth-order valence-corrected chi connectivity index (χ4v) is 5.72. The highest BCUT2D eigenvalue weighted by Crippen LogP contribution is 2.37. The average Bonchev–Trinajstić information content (AvgIpc) is 3.40. The zero-order valence-electron chi connectivity index (χ0n) is 21.3. The molecule has 3 heterocycles. The third-order valence-electron chi connectivity index (χ3n) is 6.36. The predicted octanol–water partition coefficient (Wildman–Crippen LogP) is 3.44. The van der Waals surface area contributed by atoms with Crippen LogP contribution in [-0.2, 0) is 26.1 Å². The Hall–Kier alpha value is -4.19. The lowest BCUT2D eigenvalue weighted by Crippen LogP contribution is -2.40. The molecule has 0 aliphatic carbocycles. The van der Waals surface area contributed by atoms with Crippen molar-refractivity contribution in [1.82, 2.24) is 14.6 Å². The number of fused-ring (bicyclic) bond motifs is 1. The largest absolute Gasteiger partial charge is 0.493 e. The van der Waals surface area contributed by atoms with Crippen LogP contribution in [0, 0.1) is 0 Å². The SMILES string of the molecule is COc1ccc(-c2ccc(S(=O)(=O)N3CCOCC3)cc2)c2cc(CNC(=O)/C=C/c3ccc(N)nc3)oc12. The van der Waals surface area contributed by atoms with Gasteiger partial charge in [0.2, 0.25) is 15.9 Å². The van der Waals surface area contributed by atoms with E-state index in [9.17, 15) is 13.2 Å². The minimum atomic E-state index is -3.59. The summed E-state index contributed by atoms with van der Waals surface area (Å²) in [5.41, 5.74) is 8.53. The van der Waals surface area contributed by atoms with Crippen LogP contribution in [0.1, 0.15) is 11.3 Å². The second-order valence-electron chi connectivity index (χ2n) is 8.88. The molecule has 1 fully saturated rings. The highest BCUT2D eigenvalue weighted by atomic mass is 32.2. The van der Waals surface area contributed by atoms with Crippen molar-refractivity contribution in [2.45, 2.75) is 11.4 Å². The summed E-state index contributed by atoms with van der Waals surface area (Å²) in [5.74, 6) is 1.20. The summed E-state index contributed by atoms with van der Waals surface area (Å²) in [6.07, 6.45) is 4.63. The number of benzene rings is 2. The number of sulfonamides is 1. The molecular formula is C28H28N4O6S. The monoisotopic (exact) mass is 548 g/mol. The topological polar surface area (TPSA) is 137 Å². The number of carbonyl (C=O) groups is 1. The Morgan fingerprint density at radius 1 is 1.13 bits per heavy atom. The zero-order chi connectivity index (χ0) is 27.4. The maximum Gasteiger partial charge on any atom is 0.244 e. The molecule has 1 aliphatic rings. The van der Waals surface area contributed by atoms with E-state index < -0.39 is 10.0 Å². The van der Waals surface area contributed by atoms with Crippen LogP contribution in [0.25, 0.3) is 28.2 Å². The van der Waals surface area contributed by atoms with Crippen molar-refractivity contribution in [1.29, 1.82) is 0 Å². The van der Waals surface area contributed by atoms with E-state index in [0.717, 1.165) is 22.1 Å². The number of nitrogens with zero attached hydrogens (tertiary/aromatic N) is 2. The van der Waals surface area contributed by atoms with Crippen LogP contribution in [0.5, 0.6) is 5.75 Å². The van der Waals surface area contributed by atoms with Crippen LogP contribution < -0.4 is 15.8 Å². The van der Waals surface area contributed by atoms with E-state index in [1.807, 2.05) is 12.1 Å². The van der Waals surface area contributed by atoms with Gasteiger partial charge in [-0.3, -0.25) is 4.79 Å². The standard InChI is InChI=1S/C28H28N4O6S/c1-36-25-9-8-23(20-4-6-22(7-5-20)39(34,35)32-12-14-37-15-13-32)24-16-21(38-28(24)25)18-31-27(33)11-3-19-2-10-26(29)30-17-19/h2-11,16-17H,12-15,18H2,1H3,(H2,29,30)(H,31,33)/b11-3+. The van der Waals surface area contributed by atoms with E-state index in [2.05, 4.69) is 10.3 Å². The van der Waals surface area contributed by atoms with Gasteiger partial charge in [0.1, 0.15) is 11.6 Å². The number of nitrogens with two attached hydrogens (primary N) is 1. The predicted molar refractivity (Wildman–Crippen MR) is 147 cm³/mol. The van der Waals surface area contributed by atoms with Gasteiger partial charge >= 0.3 is 0 Å². The van der Waals surface area contributed by atoms with Crippen LogP contribution in [0.3, 0.4) is 0 Å². The number of nitrogen functional groups attached to an aromatic ring is 1. The van der Waals surface area contributed by atoms with E-state index in [4.69, 9.17) is 19.6 Å². The molecule has 2 aromatic carbocycles. The number of rotatable bonds is 8. The van der Waals surface area contributed by atoms with Crippen molar-refractivity contribution >= 4 is 38.8 Å². The van der Waals surface area contributed by atoms with Gasteiger partial charge in [0.05, 0.1) is 31.8 Å². The normalized spacial score (nSPS) is 14.6. The van der Waals surface area contributed by atoms with Crippen LogP contribution in [0.4, 0.5) is 5.82 Å². The van der Waals surface area contributed by atoms with Gasteiger partial charge in [-0.15, -0.1) is 0 Å². The molecule has 1 saturated heterocycles. The molecule has 0 bridgehead atoms. The van der Waals surface area contributed by atoms with Crippen LogP contribution in [0.15, 0.2) is 76.2 Å². The summed E-state index contributed by atoms with van der Waals surface area (Å²) >= 11 is 0. The highest BCUT2D eigenvalue weighted by molar-refractivity contribution is 7.89. The molecule has 0 spiro atoms. The summed E-state index contributed by atoms with van der Waals surface area (Å²) in [6.45, 7) is 1.62. The van der Waals surface area contributed by atoms with Crippen molar-refractivity contribution in [2.75, 3.05) is 39.1 Å². The quantitative estimate of drug-likeness (QED) is 0.320. The molecule has 202 valence electrons. The van der Waals surface area contributed by atoms with Gasteiger partial charge in [-0.05, 0) is 65.2 Å². The van der Waals surface area contributed by atoms with Crippen LogP contribution >= 0.6 is 0 Å². The van der Waals surface area contributed by atoms with Gasteiger partial charge in [-0.25, -0.2) is 13.4 Å². The number of methoxy groups -OCH3 is 1. The van der Waals surface area contributed by atoms with Gasteiger partial charge in [-0.1, -0.05) is 12.1 Å². The third-order valence-corrected chi connectivity index (χ3v) is 8.28. The highest BCUT2D eigenvalue weighted by Gasteiger charge is 2.26. The lowest BCUT2D eigenvalue weighted by atomic mass is 10.0. The van der Waals surface area contributed by atoms with E-state index in [-0.39, 0.29) is 17.3 Å². The summed E-state index contributed by atoms with van der Waals surface area (Å²) in [4.78, 5) is 16.6. The van der Waals surface area contributed by atoms with Crippen LogP contribution in [0.2, 0.25) is 0 Å². The number of ether oxygens (including phenoxy) is 2. The molecule has 0 atom stereocenters. The lowest BCUT2D eigenvalue weighted by Gasteiger charge is -2.26. The van der Waals surface area contributed by atoms with Gasteiger partial charge in [0.15, 0.2) is 11.3 Å². The molecule has 5 rings (SSSR count). The van der Waals surface area contributed by atoms with Gasteiger partial charge in [0, 0.05) is 30.7 Å². The third kappa shape index (κ3) is 5.80. The number of pyridine rings is 1. The van der Waals surface area contributed by atoms with Crippen molar-refractivity contribution in [2.24, 2.45) is 0 Å². The minimum absolute atomic E-state index is 0.164. The Labute approximate surface area is 226 Å². The minimum Gasteiger partial charge on any atom is -0.493 e. The Morgan fingerprint density at radius 3 is 2.59 bits per heavy atom. The number of morpholine rings is 1. The lowest BCUT2D eigenvalue weighted by molar-refractivity contribution is -0.116. The number of carbonyl (C=O) groups excluding carboxylic acids is 1. The average molecular weight is 549 g/mol.